The van der Waals surface area contributed by atoms with Crippen LogP contribution in [0, 0.1) is 5.92 Å². The fourth-order valence-corrected chi connectivity index (χ4v) is 3.30. The number of carboxylic acid groups (broad SMARTS) is 1. The van der Waals surface area contributed by atoms with Crippen molar-refractivity contribution in [1.82, 2.24) is 4.90 Å². The predicted octanol–water partition coefficient (Wildman–Crippen LogP) is 3.54. The molecule has 0 saturated carbocycles. The normalized spacial score (nSPS) is 18.2. The minimum atomic E-state index is -5.74. The van der Waals surface area contributed by atoms with Crippen LogP contribution >= 0.6 is 0 Å². The topological polar surface area (TPSA) is 83.9 Å². The molecular weight excluding hydrogens is 363 g/mol. The van der Waals surface area contributed by atoms with Gasteiger partial charge in [-0.05, 0) is 42.0 Å². The zero-order chi connectivity index (χ0) is 19.0. The largest absolute Gasteiger partial charge is 0.534 e. The van der Waals surface area contributed by atoms with Crippen LogP contribution in [-0.2, 0) is 16.5 Å². The molecule has 0 aliphatic carbocycles. The van der Waals surface area contributed by atoms with E-state index in [9.17, 15) is 31.5 Å². The maximum absolute atomic E-state index is 12.4. The van der Waals surface area contributed by atoms with E-state index in [0.717, 1.165) is 6.07 Å². The molecule has 1 amide bonds. The number of benzene rings is 1. The van der Waals surface area contributed by atoms with Crippen LogP contribution in [0.2, 0.25) is 0 Å². The molecule has 0 spiro atoms. The van der Waals surface area contributed by atoms with E-state index in [4.69, 9.17) is 0 Å². The molecule has 1 atom stereocenters. The first-order valence-corrected chi connectivity index (χ1v) is 8.96. The number of rotatable bonds is 4. The summed E-state index contributed by atoms with van der Waals surface area (Å²) in [7, 11) is -5.74. The first-order valence-electron chi connectivity index (χ1n) is 7.55. The molecule has 1 unspecified atom stereocenters. The molecule has 1 aromatic carbocycles. The van der Waals surface area contributed by atoms with E-state index < -0.39 is 33.5 Å². The fourth-order valence-electron chi connectivity index (χ4n) is 2.84. The van der Waals surface area contributed by atoms with Crippen molar-refractivity contribution in [3.05, 3.63) is 29.3 Å². The van der Waals surface area contributed by atoms with Gasteiger partial charge in [0.15, 0.2) is 0 Å². The third-order valence-corrected chi connectivity index (χ3v) is 4.88. The lowest BCUT2D eigenvalue weighted by Crippen LogP contribution is -2.39. The summed E-state index contributed by atoms with van der Waals surface area (Å²) < 4.78 is 63.6. The number of alkyl halides is 3. The van der Waals surface area contributed by atoms with Gasteiger partial charge in [0.1, 0.15) is 5.75 Å². The summed E-state index contributed by atoms with van der Waals surface area (Å²) in [5, 5.41) is 9.34. The van der Waals surface area contributed by atoms with E-state index in [1.54, 1.807) is 0 Å². The van der Waals surface area contributed by atoms with Crippen LogP contribution in [0.1, 0.15) is 37.4 Å². The molecule has 2 rings (SSSR count). The molecule has 10 heteroatoms. The van der Waals surface area contributed by atoms with Crippen molar-refractivity contribution in [3.8, 4) is 5.75 Å². The molecule has 1 heterocycles. The average molecular weight is 381 g/mol. The van der Waals surface area contributed by atoms with E-state index in [0.29, 0.717) is 17.5 Å². The monoisotopic (exact) mass is 381 g/mol. The van der Waals surface area contributed by atoms with Gasteiger partial charge in [-0.1, -0.05) is 19.9 Å². The second kappa shape index (κ2) is 6.74. The van der Waals surface area contributed by atoms with E-state index >= 15 is 0 Å². The zero-order valence-electron chi connectivity index (χ0n) is 13.6. The molecule has 0 aromatic heterocycles. The molecule has 1 aliphatic rings. The minimum absolute atomic E-state index is 0.176. The van der Waals surface area contributed by atoms with Crippen LogP contribution < -0.4 is 4.18 Å². The second-order valence-electron chi connectivity index (χ2n) is 6.22. The van der Waals surface area contributed by atoms with Gasteiger partial charge in [-0.15, -0.1) is 0 Å². The first kappa shape index (κ1) is 19.4. The Hall–Kier alpha value is -1.97. The highest BCUT2D eigenvalue weighted by Gasteiger charge is 2.48. The summed E-state index contributed by atoms with van der Waals surface area (Å²) in [6.07, 6.45) is -0.267. The van der Waals surface area contributed by atoms with E-state index in [1.807, 2.05) is 13.8 Å². The zero-order valence-corrected chi connectivity index (χ0v) is 14.4. The maximum Gasteiger partial charge on any atom is 0.534 e. The van der Waals surface area contributed by atoms with Crippen molar-refractivity contribution < 1.29 is 35.7 Å². The molecule has 0 radical (unpaired) electrons. The summed E-state index contributed by atoms with van der Waals surface area (Å²) in [6.45, 7) is 4.04. The highest BCUT2D eigenvalue weighted by Crippen LogP contribution is 2.37. The van der Waals surface area contributed by atoms with E-state index in [2.05, 4.69) is 4.18 Å². The number of hydrogen-bond donors (Lipinski definition) is 1. The molecule has 25 heavy (non-hydrogen) atoms. The number of amides is 1. The van der Waals surface area contributed by atoms with E-state index in [1.165, 1.54) is 17.0 Å². The Kier molecular flexibility index (Phi) is 5.22. The lowest BCUT2D eigenvalue weighted by atomic mass is 9.88. The molecule has 6 nitrogen and oxygen atoms in total. The summed E-state index contributed by atoms with van der Waals surface area (Å²) >= 11 is 0. The van der Waals surface area contributed by atoms with Crippen LogP contribution in [0.5, 0.6) is 5.75 Å². The molecular formula is C15H18F3NO5S. The Balaban J connectivity index is 2.36. The Morgan fingerprint density at radius 2 is 2.04 bits per heavy atom. The van der Waals surface area contributed by atoms with Crippen molar-refractivity contribution in [1.29, 1.82) is 0 Å². The molecule has 140 valence electrons. The van der Waals surface area contributed by atoms with Crippen LogP contribution in [0.25, 0.3) is 0 Å². The van der Waals surface area contributed by atoms with Crippen molar-refractivity contribution >= 4 is 16.2 Å². The van der Waals surface area contributed by atoms with Crippen LogP contribution in [0.15, 0.2) is 18.2 Å². The smallest absolute Gasteiger partial charge is 0.465 e. The molecule has 0 saturated heterocycles. The van der Waals surface area contributed by atoms with Gasteiger partial charge in [0.05, 0.1) is 6.04 Å². The molecule has 1 aromatic rings. The Morgan fingerprint density at radius 1 is 1.40 bits per heavy atom. The van der Waals surface area contributed by atoms with Gasteiger partial charge < -0.3 is 14.2 Å². The quantitative estimate of drug-likeness (QED) is 0.637. The molecule has 1 N–H and O–H groups in total. The second-order valence-corrected chi connectivity index (χ2v) is 7.75. The lowest BCUT2D eigenvalue weighted by molar-refractivity contribution is -0.0500. The maximum atomic E-state index is 12.4. The number of hydrogen-bond acceptors (Lipinski definition) is 4. The van der Waals surface area contributed by atoms with Crippen molar-refractivity contribution in [2.75, 3.05) is 6.54 Å². The van der Waals surface area contributed by atoms with Crippen molar-refractivity contribution in [2.45, 2.75) is 38.2 Å². The molecule has 1 aliphatic heterocycles. The Morgan fingerprint density at radius 3 is 2.56 bits per heavy atom. The summed E-state index contributed by atoms with van der Waals surface area (Å²) in [5.74, 6) is -0.248. The number of halogens is 3. The van der Waals surface area contributed by atoms with Gasteiger partial charge in [0.25, 0.3) is 0 Å². The van der Waals surface area contributed by atoms with Crippen molar-refractivity contribution in [2.24, 2.45) is 5.92 Å². The van der Waals surface area contributed by atoms with Gasteiger partial charge in [-0.2, -0.15) is 21.6 Å². The third kappa shape index (κ3) is 4.17. The van der Waals surface area contributed by atoms with Crippen LogP contribution in [0.4, 0.5) is 18.0 Å². The highest BCUT2D eigenvalue weighted by atomic mass is 32.2. The fraction of sp³-hybridized carbons (Fsp3) is 0.533. The summed E-state index contributed by atoms with van der Waals surface area (Å²) in [5.41, 5.74) is -4.28. The van der Waals surface area contributed by atoms with Crippen molar-refractivity contribution in [3.63, 3.8) is 0 Å². The number of carbonyl (C=O) groups is 1. The third-order valence-electron chi connectivity index (χ3n) is 3.90. The van der Waals surface area contributed by atoms with Gasteiger partial charge in [-0.25, -0.2) is 4.79 Å². The van der Waals surface area contributed by atoms with Gasteiger partial charge >= 0.3 is 21.7 Å². The first-order chi connectivity index (χ1) is 11.4. The summed E-state index contributed by atoms with van der Waals surface area (Å²) in [4.78, 5) is 12.7. The minimum Gasteiger partial charge on any atom is -0.465 e. The Bertz CT molecular complexity index is 761. The van der Waals surface area contributed by atoms with Gasteiger partial charge in [0, 0.05) is 6.54 Å². The van der Waals surface area contributed by atoms with Crippen LogP contribution in [-0.4, -0.2) is 36.6 Å². The molecule has 0 fully saturated rings. The van der Waals surface area contributed by atoms with Crippen LogP contribution in [0.3, 0.4) is 0 Å². The predicted molar refractivity (Wildman–Crippen MR) is 82.7 cm³/mol. The highest BCUT2D eigenvalue weighted by molar-refractivity contribution is 7.88. The number of nitrogens with zero attached hydrogens (tertiary/aromatic N) is 1. The standard InChI is InChI=1S/C15H18F3NO5S/c1-9(2)7-13-12-4-3-11(24-25(22,23)15(16,17)18)8-10(12)5-6-19(13)14(20)21/h3-4,8-9,13H,5-7H2,1-2H3,(H,20,21). The van der Waals surface area contributed by atoms with E-state index in [-0.39, 0.29) is 18.9 Å². The molecule has 0 bridgehead atoms. The van der Waals surface area contributed by atoms with Gasteiger partial charge in [0.2, 0.25) is 0 Å². The summed E-state index contributed by atoms with van der Waals surface area (Å²) in [6, 6.07) is 3.33. The SMILES string of the molecule is CC(C)CC1c2ccc(OS(=O)(=O)C(F)(F)F)cc2CCN1C(=O)O. The Labute approximate surface area is 143 Å². The lowest BCUT2D eigenvalue weighted by Gasteiger charge is -2.36. The van der Waals surface area contributed by atoms with Gasteiger partial charge in [-0.3, -0.25) is 0 Å². The average Bonchev–Trinajstić information content (AvgIpc) is 2.44. The number of fused-ring (bicyclic) bond motifs is 1.